The van der Waals surface area contributed by atoms with E-state index in [1.54, 1.807) is 6.21 Å². The summed E-state index contributed by atoms with van der Waals surface area (Å²) in [7, 11) is 0. The predicted octanol–water partition coefficient (Wildman–Crippen LogP) is 5.37. The Morgan fingerprint density at radius 1 is 1.04 bits per heavy atom. The zero-order valence-corrected chi connectivity index (χ0v) is 17.1. The van der Waals surface area contributed by atoms with Gasteiger partial charge in [0.05, 0.1) is 12.8 Å². The van der Waals surface area contributed by atoms with Gasteiger partial charge in [0.1, 0.15) is 0 Å². The fourth-order valence-corrected chi connectivity index (χ4v) is 4.00. The minimum absolute atomic E-state index is 0.464. The first-order chi connectivity index (χ1) is 13.8. The second-order valence-electron chi connectivity index (χ2n) is 7.18. The predicted molar refractivity (Wildman–Crippen MR) is 120 cm³/mol. The molecule has 1 aliphatic rings. The van der Waals surface area contributed by atoms with Crippen molar-refractivity contribution in [2.45, 2.75) is 44.5 Å². The van der Waals surface area contributed by atoms with E-state index in [9.17, 15) is 0 Å². The summed E-state index contributed by atoms with van der Waals surface area (Å²) in [6.45, 7) is 1.47. The van der Waals surface area contributed by atoms with Crippen LogP contribution in [-0.4, -0.2) is 18.0 Å². The van der Waals surface area contributed by atoms with Crippen molar-refractivity contribution in [1.82, 2.24) is 0 Å². The lowest BCUT2D eigenvalue weighted by atomic mass is 9.90. The van der Waals surface area contributed by atoms with Gasteiger partial charge in [0.15, 0.2) is 5.17 Å². The molecule has 2 N–H and O–H groups in total. The largest absolute Gasteiger partial charge is 0.377 e. The topological polar surface area (TPSA) is 60.0 Å². The molecule has 5 heteroatoms. The van der Waals surface area contributed by atoms with Crippen molar-refractivity contribution in [2.24, 2.45) is 21.9 Å². The van der Waals surface area contributed by atoms with Gasteiger partial charge in [-0.2, -0.15) is 5.10 Å². The summed E-state index contributed by atoms with van der Waals surface area (Å²) in [5.41, 5.74) is 9.33. The molecule has 1 fully saturated rings. The molecule has 3 rings (SSSR count). The van der Waals surface area contributed by atoms with E-state index in [0.29, 0.717) is 11.8 Å². The first kappa shape index (κ1) is 20.6. The van der Waals surface area contributed by atoms with Gasteiger partial charge >= 0.3 is 0 Å². The van der Waals surface area contributed by atoms with Crippen LogP contribution in [0.1, 0.15) is 48.8 Å². The lowest BCUT2D eigenvalue weighted by Crippen LogP contribution is -2.13. The van der Waals surface area contributed by atoms with Gasteiger partial charge in [0.2, 0.25) is 0 Å². The number of nitrogens with zero attached hydrogens (tertiary/aromatic N) is 2. The lowest BCUT2D eigenvalue weighted by Gasteiger charge is -2.21. The van der Waals surface area contributed by atoms with Crippen molar-refractivity contribution < 1.29 is 4.74 Å². The fraction of sp³-hybridized carbons (Fsp3) is 0.391. The number of hydrogen-bond donors (Lipinski definition) is 1. The van der Waals surface area contributed by atoms with E-state index in [2.05, 4.69) is 28.4 Å². The molecule has 1 saturated carbocycles. The zero-order valence-electron chi connectivity index (χ0n) is 16.3. The van der Waals surface area contributed by atoms with Crippen LogP contribution in [0, 0.1) is 5.92 Å². The van der Waals surface area contributed by atoms with Crippen LogP contribution in [0.2, 0.25) is 0 Å². The van der Waals surface area contributed by atoms with Gasteiger partial charge < -0.3 is 10.5 Å². The maximum Gasteiger partial charge on any atom is 0.180 e. The maximum absolute atomic E-state index is 5.99. The van der Waals surface area contributed by atoms with Crippen molar-refractivity contribution >= 4 is 23.1 Å². The molecule has 1 aliphatic carbocycles. The number of amidine groups is 1. The van der Waals surface area contributed by atoms with Crippen LogP contribution in [0.4, 0.5) is 0 Å². The highest BCUT2D eigenvalue weighted by molar-refractivity contribution is 8.13. The molecular formula is C23H29N3OS. The Hall–Kier alpha value is -2.11. The lowest BCUT2D eigenvalue weighted by molar-refractivity contribution is 0.0739. The molecule has 0 spiro atoms. The highest BCUT2D eigenvalue weighted by Crippen LogP contribution is 2.24. The third-order valence-electron chi connectivity index (χ3n) is 4.97. The van der Waals surface area contributed by atoms with Gasteiger partial charge in [-0.15, -0.1) is 5.10 Å². The summed E-state index contributed by atoms with van der Waals surface area (Å²) >= 11 is 1.49. The molecule has 0 unspecified atom stereocenters. The van der Waals surface area contributed by atoms with Crippen molar-refractivity contribution in [3.8, 4) is 0 Å². The summed E-state index contributed by atoms with van der Waals surface area (Å²) in [5.74, 6) is 1.51. The van der Waals surface area contributed by atoms with E-state index in [1.165, 1.54) is 49.4 Å². The molecule has 0 atom stereocenters. The van der Waals surface area contributed by atoms with Gasteiger partial charge in [-0.25, -0.2) is 0 Å². The molecule has 2 aromatic carbocycles. The number of ether oxygens (including phenoxy) is 1. The molecule has 28 heavy (non-hydrogen) atoms. The molecule has 0 bridgehead atoms. The van der Waals surface area contributed by atoms with E-state index in [0.717, 1.165) is 29.4 Å². The molecule has 148 valence electrons. The number of nitrogens with two attached hydrogens (primary N) is 1. The van der Waals surface area contributed by atoms with Crippen LogP contribution >= 0.6 is 11.8 Å². The average Bonchev–Trinajstić information content (AvgIpc) is 2.75. The zero-order chi connectivity index (χ0) is 19.4. The number of thioether (sulfide) groups is 1. The summed E-state index contributed by atoms with van der Waals surface area (Å²) in [6, 6.07) is 18.4. The van der Waals surface area contributed by atoms with E-state index in [1.807, 2.05) is 36.4 Å². The molecule has 0 radical (unpaired) electrons. The number of rotatable bonds is 8. The fourth-order valence-electron chi connectivity index (χ4n) is 3.39. The normalized spacial score (nSPS) is 15.9. The highest BCUT2D eigenvalue weighted by Gasteiger charge is 2.13. The third kappa shape index (κ3) is 7.13. The van der Waals surface area contributed by atoms with Gasteiger partial charge in [0.25, 0.3) is 0 Å². The van der Waals surface area contributed by atoms with Crippen LogP contribution in [0.25, 0.3) is 0 Å². The van der Waals surface area contributed by atoms with E-state index < -0.39 is 0 Å². The number of benzene rings is 2. The maximum atomic E-state index is 5.99. The number of hydrogen-bond acceptors (Lipinski definition) is 4. The van der Waals surface area contributed by atoms with Crippen molar-refractivity contribution in [2.75, 3.05) is 6.61 Å². The monoisotopic (exact) mass is 395 g/mol. The Bertz CT molecular complexity index is 770. The molecule has 0 heterocycles. The minimum Gasteiger partial charge on any atom is -0.377 e. The van der Waals surface area contributed by atoms with Crippen LogP contribution < -0.4 is 5.73 Å². The molecule has 2 aromatic rings. The SMILES string of the molecule is NC(=NN=Cc1ccccc1COCC1CCCCC1)SCc1ccccc1. The van der Waals surface area contributed by atoms with E-state index >= 15 is 0 Å². The van der Waals surface area contributed by atoms with Crippen LogP contribution in [0.5, 0.6) is 0 Å². The Balaban J connectivity index is 1.48. The Kier molecular flexibility index (Phi) is 8.59. The van der Waals surface area contributed by atoms with E-state index in [4.69, 9.17) is 10.5 Å². The molecular weight excluding hydrogens is 366 g/mol. The third-order valence-corrected chi connectivity index (χ3v) is 5.83. The first-order valence-electron chi connectivity index (χ1n) is 10.00. The molecule has 0 aromatic heterocycles. The molecule has 0 saturated heterocycles. The van der Waals surface area contributed by atoms with Crippen LogP contribution in [0.3, 0.4) is 0 Å². The summed E-state index contributed by atoms with van der Waals surface area (Å²) in [4.78, 5) is 0. The van der Waals surface area contributed by atoms with Gasteiger partial charge in [-0.05, 0) is 29.9 Å². The molecule has 0 amide bonds. The Labute approximate surface area is 172 Å². The summed E-state index contributed by atoms with van der Waals surface area (Å²) < 4.78 is 5.99. The molecule has 0 aliphatic heterocycles. The summed E-state index contributed by atoms with van der Waals surface area (Å²) in [5, 5.41) is 8.75. The second-order valence-corrected chi connectivity index (χ2v) is 8.17. The van der Waals surface area contributed by atoms with Crippen molar-refractivity contribution in [1.29, 1.82) is 0 Å². The van der Waals surface area contributed by atoms with E-state index in [-0.39, 0.29) is 0 Å². The van der Waals surface area contributed by atoms with Gasteiger partial charge in [-0.3, -0.25) is 0 Å². The van der Waals surface area contributed by atoms with Crippen molar-refractivity contribution in [3.63, 3.8) is 0 Å². The Morgan fingerprint density at radius 3 is 2.61 bits per heavy atom. The second kappa shape index (κ2) is 11.7. The standard InChI is InChI=1S/C23H29N3OS/c24-23(28-18-20-11-5-2-6-12-20)26-25-15-21-13-7-8-14-22(21)17-27-16-19-9-3-1-4-10-19/h2,5-8,11-15,19H,1,3-4,9-10,16-18H2,(H2,24,26). The van der Waals surface area contributed by atoms with Crippen LogP contribution in [-0.2, 0) is 17.1 Å². The highest BCUT2D eigenvalue weighted by atomic mass is 32.2. The quantitative estimate of drug-likeness (QED) is 0.371. The van der Waals surface area contributed by atoms with Crippen LogP contribution in [0.15, 0.2) is 64.8 Å². The Morgan fingerprint density at radius 2 is 1.79 bits per heavy atom. The summed E-state index contributed by atoms with van der Waals surface area (Å²) in [6.07, 6.45) is 8.44. The molecule has 4 nitrogen and oxygen atoms in total. The first-order valence-corrected chi connectivity index (χ1v) is 11.0. The average molecular weight is 396 g/mol. The van der Waals surface area contributed by atoms with Gasteiger partial charge in [0, 0.05) is 17.9 Å². The van der Waals surface area contributed by atoms with Gasteiger partial charge in [-0.1, -0.05) is 85.6 Å². The van der Waals surface area contributed by atoms with Crippen molar-refractivity contribution in [3.05, 3.63) is 71.3 Å². The minimum atomic E-state index is 0.464. The smallest absolute Gasteiger partial charge is 0.180 e.